The maximum atomic E-state index is 6.06. The number of aryl methyl sites for hydroxylation is 1. The van der Waals surface area contributed by atoms with Gasteiger partial charge in [-0.2, -0.15) is 0 Å². The Hall–Kier alpha value is -2.93. The van der Waals surface area contributed by atoms with Crippen molar-refractivity contribution in [2.75, 3.05) is 24.6 Å². The van der Waals surface area contributed by atoms with E-state index >= 15 is 0 Å². The minimum Gasteiger partial charge on any atom is -0.493 e. The molecule has 0 spiro atoms. The summed E-state index contributed by atoms with van der Waals surface area (Å²) in [4.78, 5) is 20.2. The highest BCUT2D eigenvalue weighted by atomic mass is 32.1. The molecule has 4 aromatic rings. The maximum absolute atomic E-state index is 6.06. The number of hydrogen-bond acceptors (Lipinski definition) is 6. The largest absolute Gasteiger partial charge is 0.493 e. The Morgan fingerprint density at radius 1 is 1.06 bits per heavy atom. The summed E-state index contributed by atoms with van der Waals surface area (Å²) in [5.41, 5.74) is 4.97. The van der Waals surface area contributed by atoms with E-state index in [-0.39, 0.29) is 0 Å². The van der Waals surface area contributed by atoms with Gasteiger partial charge in [-0.3, -0.25) is 0 Å². The molecule has 33 heavy (non-hydrogen) atoms. The Balaban J connectivity index is 1.36. The lowest BCUT2D eigenvalue weighted by Gasteiger charge is -2.27. The van der Waals surface area contributed by atoms with Gasteiger partial charge in [0, 0.05) is 30.5 Å². The molecule has 4 heterocycles. The molecule has 1 N–H and O–H groups in total. The van der Waals surface area contributed by atoms with Gasteiger partial charge in [-0.15, -0.1) is 11.3 Å². The third-order valence-electron chi connectivity index (χ3n) is 5.94. The summed E-state index contributed by atoms with van der Waals surface area (Å²) in [5, 5.41) is 3.12. The number of nitrogens with one attached hydrogen (secondary N) is 1. The average molecular weight is 462 g/mol. The molecule has 0 bridgehead atoms. The number of rotatable bonds is 7. The SMILES string of the molecule is Cc1ccc(OCC(C)C)c(Cc2nc(-c3nc4nc(N5CCCCC5)ccc4[nH]3)cs2)c1. The Kier molecular flexibility index (Phi) is 6.31. The second-order valence-electron chi connectivity index (χ2n) is 9.29. The number of aromatic nitrogens is 4. The summed E-state index contributed by atoms with van der Waals surface area (Å²) in [6, 6.07) is 10.6. The molecule has 0 radical (unpaired) electrons. The molecular weight excluding hydrogens is 430 g/mol. The van der Waals surface area contributed by atoms with Gasteiger partial charge in [0.05, 0.1) is 17.1 Å². The van der Waals surface area contributed by atoms with E-state index in [1.165, 1.54) is 30.4 Å². The van der Waals surface area contributed by atoms with Crippen molar-refractivity contribution in [1.29, 1.82) is 0 Å². The van der Waals surface area contributed by atoms with Gasteiger partial charge in [0.25, 0.3) is 0 Å². The van der Waals surface area contributed by atoms with Crippen LogP contribution in [0.15, 0.2) is 35.7 Å². The van der Waals surface area contributed by atoms with Crippen LogP contribution in [0.2, 0.25) is 0 Å². The fraction of sp³-hybridized carbons (Fsp3) is 0.423. The van der Waals surface area contributed by atoms with Crippen LogP contribution in [-0.4, -0.2) is 39.6 Å². The lowest BCUT2D eigenvalue weighted by atomic mass is 10.1. The highest BCUT2D eigenvalue weighted by molar-refractivity contribution is 7.10. The van der Waals surface area contributed by atoms with E-state index in [1.54, 1.807) is 11.3 Å². The number of pyridine rings is 1. The van der Waals surface area contributed by atoms with Crippen LogP contribution in [0.5, 0.6) is 5.75 Å². The van der Waals surface area contributed by atoms with Gasteiger partial charge in [-0.25, -0.2) is 15.0 Å². The molecule has 1 aliphatic rings. The van der Waals surface area contributed by atoms with Gasteiger partial charge in [0.15, 0.2) is 11.5 Å². The number of aromatic amines is 1. The number of piperidine rings is 1. The standard InChI is InChI=1S/C26H31N5OS/c1-17(2)15-32-22-9-7-18(3)13-19(22)14-24-27-21(16-33-24)26-28-20-8-10-23(29-25(20)30-26)31-11-5-4-6-12-31/h7-10,13,16-17H,4-6,11-12,14-15H2,1-3H3,(H,28,29,30). The van der Waals surface area contributed by atoms with Crippen molar-refractivity contribution in [3.63, 3.8) is 0 Å². The highest BCUT2D eigenvalue weighted by Crippen LogP contribution is 2.28. The van der Waals surface area contributed by atoms with E-state index in [1.807, 2.05) is 0 Å². The number of H-pyrrole nitrogens is 1. The average Bonchev–Trinajstić information content (AvgIpc) is 3.45. The summed E-state index contributed by atoms with van der Waals surface area (Å²) in [7, 11) is 0. The van der Waals surface area contributed by atoms with Crippen molar-refractivity contribution in [2.45, 2.75) is 46.5 Å². The van der Waals surface area contributed by atoms with Crippen LogP contribution >= 0.6 is 11.3 Å². The Morgan fingerprint density at radius 2 is 1.91 bits per heavy atom. The van der Waals surface area contributed by atoms with Gasteiger partial charge in [-0.05, 0) is 50.3 Å². The minimum absolute atomic E-state index is 0.489. The van der Waals surface area contributed by atoms with E-state index in [0.29, 0.717) is 12.5 Å². The first-order valence-electron chi connectivity index (χ1n) is 11.8. The highest BCUT2D eigenvalue weighted by Gasteiger charge is 2.16. The molecule has 0 saturated carbocycles. The van der Waals surface area contributed by atoms with Crippen LogP contribution < -0.4 is 9.64 Å². The lowest BCUT2D eigenvalue weighted by Crippen LogP contribution is -2.30. The van der Waals surface area contributed by atoms with E-state index in [9.17, 15) is 0 Å². The number of ether oxygens (including phenoxy) is 1. The summed E-state index contributed by atoms with van der Waals surface area (Å²) >= 11 is 1.66. The molecule has 1 aliphatic heterocycles. The third-order valence-corrected chi connectivity index (χ3v) is 6.78. The zero-order valence-corrected chi connectivity index (χ0v) is 20.4. The molecule has 7 heteroatoms. The van der Waals surface area contributed by atoms with Crippen LogP contribution in [0, 0.1) is 12.8 Å². The van der Waals surface area contributed by atoms with Crippen LogP contribution in [0.3, 0.4) is 0 Å². The van der Waals surface area contributed by atoms with Crippen LogP contribution in [0.1, 0.15) is 49.2 Å². The molecule has 5 rings (SSSR count). The van der Waals surface area contributed by atoms with E-state index in [0.717, 1.165) is 58.8 Å². The maximum Gasteiger partial charge on any atom is 0.180 e. The molecule has 3 aromatic heterocycles. The van der Waals surface area contributed by atoms with Crippen molar-refractivity contribution in [2.24, 2.45) is 5.92 Å². The molecule has 0 aliphatic carbocycles. The number of anilines is 1. The Morgan fingerprint density at radius 3 is 2.73 bits per heavy atom. The Labute approximate surface area is 199 Å². The quantitative estimate of drug-likeness (QED) is 0.365. The van der Waals surface area contributed by atoms with Crippen LogP contribution in [0.25, 0.3) is 22.7 Å². The third kappa shape index (κ3) is 5.03. The second-order valence-corrected chi connectivity index (χ2v) is 10.2. The molecule has 0 unspecified atom stereocenters. The van der Waals surface area contributed by atoms with Gasteiger partial charge in [0.2, 0.25) is 0 Å². The first-order chi connectivity index (χ1) is 16.0. The molecule has 0 atom stereocenters. The van der Waals surface area contributed by atoms with Crippen molar-refractivity contribution in [3.8, 4) is 17.3 Å². The van der Waals surface area contributed by atoms with Gasteiger partial charge in [-0.1, -0.05) is 31.5 Å². The van der Waals surface area contributed by atoms with Gasteiger partial charge >= 0.3 is 0 Å². The zero-order valence-electron chi connectivity index (χ0n) is 19.6. The van der Waals surface area contributed by atoms with Crippen molar-refractivity contribution in [3.05, 3.63) is 51.8 Å². The summed E-state index contributed by atoms with van der Waals surface area (Å²) in [5.74, 6) is 3.23. The number of thiazole rings is 1. The summed E-state index contributed by atoms with van der Waals surface area (Å²) in [6.45, 7) is 9.31. The zero-order chi connectivity index (χ0) is 22.8. The normalized spacial score (nSPS) is 14.4. The molecule has 1 fully saturated rings. The first-order valence-corrected chi connectivity index (χ1v) is 12.7. The molecule has 1 aromatic carbocycles. The molecular formula is C26H31N5OS. The molecule has 6 nitrogen and oxygen atoms in total. The number of nitrogens with zero attached hydrogens (tertiary/aromatic N) is 4. The number of fused-ring (bicyclic) bond motifs is 1. The van der Waals surface area contributed by atoms with E-state index < -0.39 is 0 Å². The lowest BCUT2D eigenvalue weighted by molar-refractivity contribution is 0.269. The van der Waals surface area contributed by atoms with E-state index in [4.69, 9.17) is 19.7 Å². The van der Waals surface area contributed by atoms with Crippen LogP contribution in [0.4, 0.5) is 5.82 Å². The first kappa shape index (κ1) is 21.9. The smallest absolute Gasteiger partial charge is 0.180 e. The topological polar surface area (TPSA) is 66.9 Å². The Bertz CT molecular complexity index is 1240. The predicted molar refractivity (Wildman–Crippen MR) is 135 cm³/mol. The second kappa shape index (κ2) is 9.51. The van der Waals surface area contributed by atoms with Crippen LogP contribution in [-0.2, 0) is 6.42 Å². The molecule has 172 valence electrons. The van der Waals surface area contributed by atoms with Gasteiger partial charge < -0.3 is 14.6 Å². The molecule has 1 saturated heterocycles. The van der Waals surface area contributed by atoms with Crippen molar-refractivity contribution >= 4 is 28.3 Å². The fourth-order valence-electron chi connectivity index (χ4n) is 4.21. The summed E-state index contributed by atoms with van der Waals surface area (Å²) < 4.78 is 6.06. The molecule has 0 amide bonds. The number of benzene rings is 1. The van der Waals surface area contributed by atoms with E-state index in [2.05, 4.69) is 66.4 Å². The van der Waals surface area contributed by atoms with Crippen molar-refractivity contribution < 1.29 is 4.74 Å². The monoisotopic (exact) mass is 461 g/mol. The summed E-state index contributed by atoms with van der Waals surface area (Å²) in [6.07, 6.45) is 4.53. The number of imidazole rings is 1. The van der Waals surface area contributed by atoms with Gasteiger partial charge in [0.1, 0.15) is 17.3 Å². The fourth-order valence-corrected chi connectivity index (χ4v) is 5.01. The minimum atomic E-state index is 0.489. The number of hydrogen-bond donors (Lipinski definition) is 1. The predicted octanol–water partition coefficient (Wildman–Crippen LogP) is 6.01. The van der Waals surface area contributed by atoms with Crippen molar-refractivity contribution in [1.82, 2.24) is 19.9 Å².